The molecule has 0 amide bonds. The molecule has 3 rings (SSSR count). The molecule has 0 aromatic heterocycles. The van der Waals surface area contributed by atoms with E-state index in [0.29, 0.717) is 6.61 Å². The fourth-order valence-electron chi connectivity index (χ4n) is 3.12. The van der Waals surface area contributed by atoms with Crippen molar-refractivity contribution in [3.05, 3.63) is 71.8 Å². The molecule has 1 fully saturated rings. The third-order valence-electron chi connectivity index (χ3n) is 4.30. The Bertz CT molecular complexity index is 596. The molecule has 1 heterocycles. The van der Waals surface area contributed by atoms with Gasteiger partial charge in [-0.15, -0.1) is 0 Å². The average Bonchev–Trinajstić information content (AvgIpc) is 2.64. The number of carboxylic acid groups (broad SMARTS) is 1. The zero-order chi connectivity index (χ0) is 16.8. The van der Waals surface area contributed by atoms with Gasteiger partial charge >= 0.3 is 5.97 Å². The maximum atomic E-state index is 12.0. The van der Waals surface area contributed by atoms with Crippen LogP contribution in [0.5, 0.6) is 0 Å². The number of carbonyl (C=O) groups is 1. The second kappa shape index (κ2) is 8.08. The average molecular weight is 326 g/mol. The fourth-order valence-corrected chi connectivity index (χ4v) is 3.12. The normalized spacial score (nSPS) is 19.1. The molecule has 1 aliphatic heterocycles. The molecule has 0 bridgehead atoms. The van der Waals surface area contributed by atoms with E-state index in [-0.39, 0.29) is 5.92 Å². The Balaban J connectivity index is 1.93. The minimum absolute atomic E-state index is 0.379. The molecule has 1 N–H and O–H groups in total. The first kappa shape index (κ1) is 16.7. The van der Waals surface area contributed by atoms with Gasteiger partial charge in [-0.05, 0) is 30.4 Å². The Kier molecular flexibility index (Phi) is 5.62. The zero-order valence-electron chi connectivity index (χ0n) is 13.5. The van der Waals surface area contributed by atoms with Crippen molar-refractivity contribution in [1.29, 1.82) is 0 Å². The molecule has 2 unspecified atom stereocenters. The van der Waals surface area contributed by atoms with E-state index in [2.05, 4.69) is 0 Å². The predicted molar refractivity (Wildman–Crippen MR) is 90.8 cm³/mol. The highest BCUT2D eigenvalue weighted by molar-refractivity contribution is 5.75. The quantitative estimate of drug-likeness (QED) is 0.877. The lowest BCUT2D eigenvalue weighted by molar-refractivity contribution is -0.202. The number of aliphatic carboxylic acids is 1. The van der Waals surface area contributed by atoms with Gasteiger partial charge in [0.05, 0.1) is 0 Å². The van der Waals surface area contributed by atoms with Crippen molar-refractivity contribution in [1.82, 2.24) is 0 Å². The molecule has 4 nitrogen and oxygen atoms in total. The SMILES string of the molecule is O=C(O)C(OC1CCCCO1)C(c1ccccc1)c1ccccc1. The summed E-state index contributed by atoms with van der Waals surface area (Å²) in [5, 5.41) is 9.82. The smallest absolute Gasteiger partial charge is 0.333 e. The van der Waals surface area contributed by atoms with Crippen molar-refractivity contribution in [2.75, 3.05) is 6.61 Å². The van der Waals surface area contributed by atoms with Gasteiger partial charge in [0.2, 0.25) is 0 Å². The second-order valence-electron chi connectivity index (χ2n) is 5.99. The number of hydrogen-bond donors (Lipinski definition) is 1. The van der Waals surface area contributed by atoms with E-state index in [1.165, 1.54) is 0 Å². The largest absolute Gasteiger partial charge is 0.479 e. The van der Waals surface area contributed by atoms with E-state index in [1.807, 2.05) is 60.7 Å². The lowest BCUT2D eigenvalue weighted by Gasteiger charge is -2.30. The summed E-state index contributed by atoms with van der Waals surface area (Å²) >= 11 is 0. The topological polar surface area (TPSA) is 55.8 Å². The van der Waals surface area contributed by atoms with Crippen LogP contribution in [0.4, 0.5) is 0 Å². The van der Waals surface area contributed by atoms with Crippen molar-refractivity contribution < 1.29 is 19.4 Å². The van der Waals surface area contributed by atoms with Crippen LogP contribution in [0.25, 0.3) is 0 Å². The van der Waals surface area contributed by atoms with Crippen LogP contribution in [0.1, 0.15) is 36.3 Å². The predicted octanol–water partition coefficient (Wildman–Crippen LogP) is 3.81. The molecule has 1 aliphatic rings. The standard InChI is InChI=1S/C20H22O4/c21-20(22)19(24-17-13-7-8-14-23-17)18(15-9-3-1-4-10-15)16-11-5-2-6-12-16/h1-6,9-12,17-19H,7-8,13-14H2,(H,21,22). The number of carboxylic acids is 1. The molecular weight excluding hydrogens is 304 g/mol. The maximum absolute atomic E-state index is 12.0. The van der Waals surface area contributed by atoms with Gasteiger partial charge in [-0.25, -0.2) is 4.79 Å². The lowest BCUT2D eigenvalue weighted by Crippen LogP contribution is -2.37. The minimum Gasteiger partial charge on any atom is -0.479 e. The van der Waals surface area contributed by atoms with E-state index >= 15 is 0 Å². The monoisotopic (exact) mass is 326 g/mol. The van der Waals surface area contributed by atoms with Crippen molar-refractivity contribution in [3.63, 3.8) is 0 Å². The number of hydrogen-bond acceptors (Lipinski definition) is 3. The first-order valence-corrected chi connectivity index (χ1v) is 8.35. The van der Waals surface area contributed by atoms with E-state index in [0.717, 1.165) is 30.4 Å². The first-order valence-electron chi connectivity index (χ1n) is 8.35. The summed E-state index contributed by atoms with van der Waals surface area (Å²) in [6, 6.07) is 19.3. The molecule has 4 heteroatoms. The summed E-state index contributed by atoms with van der Waals surface area (Å²) in [6.07, 6.45) is 1.30. The van der Waals surface area contributed by atoms with Crippen molar-refractivity contribution >= 4 is 5.97 Å². The van der Waals surface area contributed by atoms with E-state index in [1.54, 1.807) is 0 Å². The van der Waals surface area contributed by atoms with E-state index in [4.69, 9.17) is 9.47 Å². The number of benzene rings is 2. The highest BCUT2D eigenvalue weighted by atomic mass is 16.7. The molecule has 24 heavy (non-hydrogen) atoms. The maximum Gasteiger partial charge on any atom is 0.333 e. The third-order valence-corrected chi connectivity index (χ3v) is 4.30. The molecule has 0 radical (unpaired) electrons. The van der Waals surface area contributed by atoms with Gasteiger partial charge in [-0.2, -0.15) is 0 Å². The fraction of sp³-hybridized carbons (Fsp3) is 0.350. The minimum atomic E-state index is -0.988. The van der Waals surface area contributed by atoms with E-state index < -0.39 is 18.4 Å². The molecule has 126 valence electrons. The highest BCUT2D eigenvalue weighted by Crippen LogP contribution is 2.32. The molecular formula is C20H22O4. The molecule has 0 saturated carbocycles. The van der Waals surface area contributed by atoms with Crippen LogP contribution in [0.15, 0.2) is 60.7 Å². The Morgan fingerprint density at radius 3 is 2.04 bits per heavy atom. The molecule has 1 saturated heterocycles. The van der Waals surface area contributed by atoms with Crippen molar-refractivity contribution in [3.8, 4) is 0 Å². The summed E-state index contributed by atoms with van der Waals surface area (Å²) in [4.78, 5) is 12.0. The van der Waals surface area contributed by atoms with Gasteiger partial charge in [0.25, 0.3) is 0 Å². The van der Waals surface area contributed by atoms with Gasteiger partial charge in [-0.3, -0.25) is 0 Å². The Morgan fingerprint density at radius 1 is 1.00 bits per heavy atom. The highest BCUT2D eigenvalue weighted by Gasteiger charge is 2.34. The van der Waals surface area contributed by atoms with Crippen LogP contribution in [-0.4, -0.2) is 30.1 Å². The van der Waals surface area contributed by atoms with Crippen LogP contribution >= 0.6 is 0 Å². The van der Waals surface area contributed by atoms with Crippen molar-refractivity contribution in [2.24, 2.45) is 0 Å². The van der Waals surface area contributed by atoms with Crippen molar-refractivity contribution in [2.45, 2.75) is 37.6 Å². The number of ether oxygens (including phenoxy) is 2. The first-order chi connectivity index (χ1) is 11.8. The van der Waals surface area contributed by atoms with Crippen LogP contribution in [0.3, 0.4) is 0 Å². The summed E-state index contributed by atoms with van der Waals surface area (Å²) in [6.45, 7) is 0.623. The van der Waals surface area contributed by atoms with Gasteiger partial charge in [0.15, 0.2) is 12.4 Å². The Morgan fingerprint density at radius 2 is 1.58 bits per heavy atom. The van der Waals surface area contributed by atoms with Gasteiger partial charge in [-0.1, -0.05) is 60.7 Å². The van der Waals surface area contributed by atoms with Crippen LogP contribution in [-0.2, 0) is 14.3 Å². The molecule has 0 spiro atoms. The number of rotatable bonds is 6. The van der Waals surface area contributed by atoms with Crippen LogP contribution < -0.4 is 0 Å². The molecule has 2 aromatic rings. The second-order valence-corrected chi connectivity index (χ2v) is 5.99. The van der Waals surface area contributed by atoms with E-state index in [9.17, 15) is 9.90 Å². The zero-order valence-corrected chi connectivity index (χ0v) is 13.5. The molecule has 2 atom stereocenters. The van der Waals surface area contributed by atoms with Gasteiger partial charge in [0.1, 0.15) is 0 Å². The van der Waals surface area contributed by atoms with Gasteiger partial charge < -0.3 is 14.6 Å². The van der Waals surface area contributed by atoms with Crippen LogP contribution in [0.2, 0.25) is 0 Å². The summed E-state index contributed by atoms with van der Waals surface area (Å²) in [5.41, 5.74) is 1.85. The summed E-state index contributed by atoms with van der Waals surface area (Å²) in [7, 11) is 0. The van der Waals surface area contributed by atoms with Gasteiger partial charge in [0, 0.05) is 12.5 Å². The molecule has 2 aromatic carbocycles. The van der Waals surface area contributed by atoms with Crippen LogP contribution in [0, 0.1) is 0 Å². The Labute approximate surface area is 142 Å². The summed E-state index contributed by atoms with van der Waals surface area (Å²) in [5.74, 6) is -1.35. The molecule has 0 aliphatic carbocycles. The Hall–Kier alpha value is -2.17. The lowest BCUT2D eigenvalue weighted by atomic mass is 9.86. The third kappa shape index (κ3) is 4.02. The summed E-state index contributed by atoms with van der Waals surface area (Å²) < 4.78 is 11.5.